The molecule has 5 nitrogen and oxygen atoms in total. The number of carbonyl (C=O) groups is 1. The van der Waals surface area contributed by atoms with E-state index in [1.807, 2.05) is 12.1 Å². The van der Waals surface area contributed by atoms with Gasteiger partial charge < -0.3 is 11.1 Å². The van der Waals surface area contributed by atoms with Crippen molar-refractivity contribution in [3.63, 3.8) is 0 Å². The van der Waals surface area contributed by atoms with Gasteiger partial charge in [-0.1, -0.05) is 12.1 Å². The van der Waals surface area contributed by atoms with Gasteiger partial charge in [-0.15, -0.1) is 0 Å². The van der Waals surface area contributed by atoms with Crippen LogP contribution in [0.4, 0.5) is 0 Å². The van der Waals surface area contributed by atoms with Crippen LogP contribution in [0.1, 0.15) is 28.8 Å². The lowest BCUT2D eigenvalue weighted by Crippen LogP contribution is -2.37. The second-order valence-corrected chi connectivity index (χ2v) is 7.17. The first-order chi connectivity index (χ1) is 8.96. The molecule has 1 fully saturated rings. The van der Waals surface area contributed by atoms with E-state index in [1.54, 1.807) is 12.1 Å². The molecule has 0 atom stereocenters. The van der Waals surface area contributed by atoms with E-state index in [-0.39, 0.29) is 17.5 Å². The van der Waals surface area contributed by atoms with E-state index in [9.17, 15) is 13.2 Å². The summed E-state index contributed by atoms with van der Waals surface area (Å²) >= 11 is 0. The van der Waals surface area contributed by atoms with E-state index in [0.717, 1.165) is 5.56 Å². The summed E-state index contributed by atoms with van der Waals surface area (Å²) in [6.45, 7) is 0.670. The Hall–Kier alpha value is -1.40. The SMILES string of the molecule is NC(=O)c1ccc(CNC2CCS(=O)(=O)CC2)cc1. The zero-order valence-corrected chi connectivity index (χ0v) is 11.4. The number of hydrogen-bond acceptors (Lipinski definition) is 4. The molecule has 1 aromatic carbocycles. The molecule has 0 aromatic heterocycles. The van der Waals surface area contributed by atoms with E-state index in [1.165, 1.54) is 0 Å². The number of sulfone groups is 1. The standard InChI is InChI=1S/C13H18N2O3S/c14-13(16)11-3-1-10(2-4-11)9-15-12-5-7-19(17,18)8-6-12/h1-4,12,15H,5-9H2,(H2,14,16). The highest BCUT2D eigenvalue weighted by atomic mass is 32.2. The van der Waals surface area contributed by atoms with Crippen molar-refractivity contribution in [2.45, 2.75) is 25.4 Å². The summed E-state index contributed by atoms with van der Waals surface area (Å²) in [6, 6.07) is 7.36. The maximum atomic E-state index is 11.3. The fourth-order valence-corrected chi connectivity index (χ4v) is 3.63. The molecule has 1 amide bonds. The van der Waals surface area contributed by atoms with Crippen LogP contribution in [0.25, 0.3) is 0 Å². The van der Waals surface area contributed by atoms with Crippen molar-refractivity contribution in [2.24, 2.45) is 5.73 Å². The molecular weight excluding hydrogens is 264 g/mol. The van der Waals surface area contributed by atoms with Crippen LogP contribution in [0.2, 0.25) is 0 Å². The number of rotatable bonds is 4. The summed E-state index contributed by atoms with van der Waals surface area (Å²) in [7, 11) is -2.81. The Balaban J connectivity index is 1.84. The summed E-state index contributed by atoms with van der Waals surface area (Å²) in [5.74, 6) is 0.105. The average Bonchev–Trinajstić information content (AvgIpc) is 2.38. The van der Waals surface area contributed by atoms with Crippen molar-refractivity contribution in [3.05, 3.63) is 35.4 Å². The van der Waals surface area contributed by atoms with Gasteiger partial charge in [-0.2, -0.15) is 0 Å². The van der Waals surface area contributed by atoms with Gasteiger partial charge in [0.1, 0.15) is 9.84 Å². The maximum absolute atomic E-state index is 11.3. The van der Waals surface area contributed by atoms with E-state index in [0.29, 0.717) is 24.9 Å². The average molecular weight is 282 g/mol. The first kappa shape index (κ1) is 14.0. The third-order valence-corrected chi connectivity index (χ3v) is 5.10. The molecule has 1 aliphatic heterocycles. The number of amides is 1. The number of nitrogens with two attached hydrogens (primary N) is 1. The molecule has 1 heterocycles. The minimum absolute atomic E-state index is 0.249. The second kappa shape index (κ2) is 5.71. The van der Waals surface area contributed by atoms with Crippen LogP contribution < -0.4 is 11.1 Å². The van der Waals surface area contributed by atoms with Gasteiger partial charge in [-0.05, 0) is 30.5 Å². The summed E-state index contributed by atoms with van der Waals surface area (Å²) in [5.41, 5.74) is 6.72. The lowest BCUT2D eigenvalue weighted by atomic mass is 10.1. The van der Waals surface area contributed by atoms with Crippen molar-refractivity contribution in [1.82, 2.24) is 5.32 Å². The van der Waals surface area contributed by atoms with Gasteiger partial charge in [0, 0.05) is 18.2 Å². The molecule has 3 N–H and O–H groups in total. The van der Waals surface area contributed by atoms with Gasteiger partial charge in [0.2, 0.25) is 5.91 Å². The zero-order chi connectivity index (χ0) is 13.9. The highest BCUT2D eigenvalue weighted by Crippen LogP contribution is 2.13. The summed E-state index contributed by atoms with van der Waals surface area (Å²) in [4.78, 5) is 10.9. The highest BCUT2D eigenvalue weighted by Gasteiger charge is 2.22. The molecule has 0 saturated carbocycles. The van der Waals surface area contributed by atoms with Crippen LogP contribution in [0.5, 0.6) is 0 Å². The normalized spacial score (nSPS) is 19.2. The molecule has 0 unspecified atom stereocenters. The number of hydrogen-bond donors (Lipinski definition) is 2. The predicted molar refractivity (Wildman–Crippen MR) is 73.5 cm³/mol. The molecule has 104 valence electrons. The van der Waals surface area contributed by atoms with E-state index in [4.69, 9.17) is 5.73 Å². The van der Waals surface area contributed by atoms with Crippen molar-refractivity contribution < 1.29 is 13.2 Å². The summed E-state index contributed by atoms with van der Waals surface area (Å²) in [6.07, 6.45) is 1.34. The van der Waals surface area contributed by atoms with Crippen molar-refractivity contribution in [2.75, 3.05) is 11.5 Å². The third kappa shape index (κ3) is 4.04. The number of nitrogens with one attached hydrogen (secondary N) is 1. The summed E-state index contributed by atoms with van der Waals surface area (Å²) in [5, 5.41) is 3.34. The first-order valence-electron chi connectivity index (χ1n) is 6.29. The molecule has 1 aliphatic rings. The van der Waals surface area contributed by atoms with Crippen LogP contribution in [-0.2, 0) is 16.4 Å². The van der Waals surface area contributed by atoms with Crippen LogP contribution in [0.15, 0.2) is 24.3 Å². The Kier molecular flexibility index (Phi) is 4.21. The monoisotopic (exact) mass is 282 g/mol. The zero-order valence-electron chi connectivity index (χ0n) is 10.6. The van der Waals surface area contributed by atoms with Gasteiger partial charge in [0.25, 0.3) is 0 Å². The van der Waals surface area contributed by atoms with E-state index in [2.05, 4.69) is 5.32 Å². The molecule has 0 radical (unpaired) electrons. The molecule has 0 bridgehead atoms. The Bertz CT molecular complexity index is 538. The largest absolute Gasteiger partial charge is 0.366 e. The first-order valence-corrected chi connectivity index (χ1v) is 8.11. The Morgan fingerprint density at radius 2 is 1.79 bits per heavy atom. The Morgan fingerprint density at radius 1 is 1.21 bits per heavy atom. The molecular formula is C13H18N2O3S. The lowest BCUT2D eigenvalue weighted by Gasteiger charge is -2.23. The smallest absolute Gasteiger partial charge is 0.248 e. The van der Waals surface area contributed by atoms with Crippen molar-refractivity contribution in [3.8, 4) is 0 Å². The highest BCUT2D eigenvalue weighted by molar-refractivity contribution is 7.91. The lowest BCUT2D eigenvalue weighted by molar-refractivity contribution is 0.100. The van der Waals surface area contributed by atoms with Crippen LogP contribution in [-0.4, -0.2) is 31.9 Å². The Morgan fingerprint density at radius 3 is 2.32 bits per heavy atom. The minimum atomic E-state index is -2.81. The fraction of sp³-hybridized carbons (Fsp3) is 0.462. The number of benzene rings is 1. The Labute approximate surface area is 113 Å². The van der Waals surface area contributed by atoms with Crippen LogP contribution in [0.3, 0.4) is 0 Å². The number of primary amides is 1. The second-order valence-electron chi connectivity index (χ2n) is 4.87. The topological polar surface area (TPSA) is 89.3 Å². The van der Waals surface area contributed by atoms with Crippen LogP contribution in [0, 0.1) is 0 Å². The maximum Gasteiger partial charge on any atom is 0.248 e. The molecule has 0 spiro atoms. The molecule has 1 aromatic rings. The fourth-order valence-electron chi connectivity index (χ4n) is 2.14. The predicted octanol–water partition coefficient (Wildman–Crippen LogP) is 0.452. The summed E-state index contributed by atoms with van der Waals surface area (Å²) < 4.78 is 22.6. The molecule has 6 heteroatoms. The van der Waals surface area contributed by atoms with Gasteiger partial charge >= 0.3 is 0 Å². The van der Waals surface area contributed by atoms with Crippen molar-refractivity contribution >= 4 is 15.7 Å². The third-order valence-electron chi connectivity index (χ3n) is 3.39. The molecule has 2 rings (SSSR count). The molecule has 0 aliphatic carbocycles. The minimum Gasteiger partial charge on any atom is -0.366 e. The van der Waals surface area contributed by atoms with E-state index >= 15 is 0 Å². The van der Waals surface area contributed by atoms with E-state index < -0.39 is 15.7 Å². The van der Waals surface area contributed by atoms with Gasteiger partial charge in [-0.25, -0.2) is 8.42 Å². The van der Waals surface area contributed by atoms with Gasteiger partial charge in [-0.3, -0.25) is 4.79 Å². The molecule has 1 saturated heterocycles. The van der Waals surface area contributed by atoms with Gasteiger partial charge in [0.05, 0.1) is 11.5 Å². The van der Waals surface area contributed by atoms with Gasteiger partial charge in [0.15, 0.2) is 0 Å². The number of carbonyl (C=O) groups excluding carboxylic acids is 1. The molecule has 19 heavy (non-hydrogen) atoms. The van der Waals surface area contributed by atoms with Crippen LogP contribution >= 0.6 is 0 Å². The van der Waals surface area contributed by atoms with Crippen molar-refractivity contribution in [1.29, 1.82) is 0 Å². The quantitative estimate of drug-likeness (QED) is 0.839.